The summed E-state index contributed by atoms with van der Waals surface area (Å²) in [6.07, 6.45) is 0.887. The number of hydrogen-bond donors (Lipinski definition) is 1. The summed E-state index contributed by atoms with van der Waals surface area (Å²) in [5, 5.41) is 2.75. The lowest BCUT2D eigenvalue weighted by molar-refractivity contribution is -0.145. The standard InChI is InChI=1S/C16H20O4.C2H7N/c1-4-14(20-15(17)12(2)3)10-11-19-16(18)13-8-6-5-7-9-13;1-3-2/h5-9,14H,2,4,10-11H2,1,3H3;3H,1-2H3. The van der Waals surface area contributed by atoms with E-state index in [-0.39, 0.29) is 18.7 Å². The number of benzene rings is 1. The maximum atomic E-state index is 11.7. The highest BCUT2D eigenvalue weighted by atomic mass is 16.6. The summed E-state index contributed by atoms with van der Waals surface area (Å²) in [6.45, 7) is 7.26. The van der Waals surface area contributed by atoms with Gasteiger partial charge in [0.05, 0.1) is 12.2 Å². The number of carbonyl (C=O) groups excluding carboxylic acids is 2. The maximum absolute atomic E-state index is 11.7. The Hall–Kier alpha value is -2.14. The molecule has 5 nitrogen and oxygen atoms in total. The van der Waals surface area contributed by atoms with Crippen molar-refractivity contribution in [1.82, 2.24) is 5.32 Å². The second-order valence-electron chi connectivity index (χ2n) is 5.01. The van der Waals surface area contributed by atoms with Crippen molar-refractivity contribution in [2.75, 3.05) is 20.7 Å². The second kappa shape index (κ2) is 12.4. The number of nitrogens with one attached hydrogen (secondary N) is 1. The molecule has 1 aromatic carbocycles. The van der Waals surface area contributed by atoms with Gasteiger partial charge in [0, 0.05) is 12.0 Å². The highest BCUT2D eigenvalue weighted by molar-refractivity contribution is 5.89. The first-order valence-corrected chi connectivity index (χ1v) is 7.63. The van der Waals surface area contributed by atoms with Crippen LogP contribution < -0.4 is 5.32 Å². The molecule has 0 fully saturated rings. The maximum Gasteiger partial charge on any atom is 0.338 e. The van der Waals surface area contributed by atoms with Crippen LogP contribution in [0.25, 0.3) is 0 Å². The predicted octanol–water partition coefficient (Wildman–Crippen LogP) is 2.97. The van der Waals surface area contributed by atoms with Crippen LogP contribution in [0.5, 0.6) is 0 Å². The molecule has 0 radical (unpaired) electrons. The van der Waals surface area contributed by atoms with Gasteiger partial charge in [-0.2, -0.15) is 0 Å². The van der Waals surface area contributed by atoms with Crippen LogP contribution in [0.2, 0.25) is 0 Å². The van der Waals surface area contributed by atoms with Gasteiger partial charge in [-0.25, -0.2) is 9.59 Å². The van der Waals surface area contributed by atoms with Gasteiger partial charge >= 0.3 is 11.9 Å². The summed E-state index contributed by atoms with van der Waals surface area (Å²) in [4.78, 5) is 23.1. The summed E-state index contributed by atoms with van der Waals surface area (Å²) in [7, 11) is 3.75. The molecule has 0 spiro atoms. The van der Waals surface area contributed by atoms with Gasteiger partial charge in [-0.3, -0.25) is 0 Å². The summed E-state index contributed by atoms with van der Waals surface area (Å²) in [6, 6.07) is 8.78. The topological polar surface area (TPSA) is 64.6 Å². The van der Waals surface area contributed by atoms with E-state index in [1.165, 1.54) is 0 Å². The lowest BCUT2D eigenvalue weighted by Gasteiger charge is -2.16. The van der Waals surface area contributed by atoms with Crippen LogP contribution in [0.4, 0.5) is 0 Å². The van der Waals surface area contributed by atoms with Gasteiger partial charge < -0.3 is 14.8 Å². The van der Waals surface area contributed by atoms with Gasteiger partial charge in [-0.05, 0) is 39.6 Å². The molecule has 1 atom stereocenters. The predicted molar refractivity (Wildman–Crippen MR) is 91.3 cm³/mol. The van der Waals surface area contributed by atoms with Crippen molar-refractivity contribution in [2.24, 2.45) is 0 Å². The van der Waals surface area contributed by atoms with E-state index in [2.05, 4.69) is 11.9 Å². The molecule has 0 aromatic heterocycles. The van der Waals surface area contributed by atoms with Crippen molar-refractivity contribution in [3.8, 4) is 0 Å². The molecule has 0 saturated heterocycles. The molecule has 128 valence electrons. The normalized spacial score (nSPS) is 10.8. The largest absolute Gasteiger partial charge is 0.462 e. The van der Waals surface area contributed by atoms with E-state index in [0.717, 1.165) is 0 Å². The molecular weight excluding hydrogens is 294 g/mol. The SMILES string of the molecule is C=C(C)C(=O)OC(CC)CCOC(=O)c1ccccc1.CNC. The van der Waals surface area contributed by atoms with Crippen molar-refractivity contribution >= 4 is 11.9 Å². The fourth-order valence-corrected chi connectivity index (χ4v) is 1.54. The number of esters is 2. The number of ether oxygens (including phenoxy) is 2. The molecule has 0 aliphatic rings. The van der Waals surface area contributed by atoms with E-state index in [9.17, 15) is 9.59 Å². The van der Waals surface area contributed by atoms with Gasteiger partial charge in [0.2, 0.25) is 0 Å². The molecular formula is C18H27NO4. The molecule has 0 aliphatic heterocycles. The van der Waals surface area contributed by atoms with Crippen LogP contribution >= 0.6 is 0 Å². The molecule has 0 aliphatic carbocycles. The quantitative estimate of drug-likeness (QED) is 0.618. The first kappa shape index (κ1) is 20.9. The molecule has 1 aromatic rings. The molecule has 1 N–H and O–H groups in total. The van der Waals surface area contributed by atoms with E-state index >= 15 is 0 Å². The third kappa shape index (κ3) is 9.47. The minimum Gasteiger partial charge on any atom is -0.462 e. The average molecular weight is 321 g/mol. The second-order valence-corrected chi connectivity index (χ2v) is 5.01. The van der Waals surface area contributed by atoms with Crippen molar-refractivity contribution in [3.63, 3.8) is 0 Å². The van der Waals surface area contributed by atoms with Crippen LogP contribution in [-0.2, 0) is 14.3 Å². The molecule has 0 saturated carbocycles. The zero-order valence-corrected chi connectivity index (χ0v) is 14.4. The third-order valence-corrected chi connectivity index (χ3v) is 2.76. The van der Waals surface area contributed by atoms with Gasteiger partial charge in [-0.15, -0.1) is 0 Å². The fourth-order valence-electron chi connectivity index (χ4n) is 1.54. The Morgan fingerprint density at radius 1 is 1.22 bits per heavy atom. The van der Waals surface area contributed by atoms with E-state index in [1.807, 2.05) is 27.1 Å². The monoisotopic (exact) mass is 321 g/mol. The third-order valence-electron chi connectivity index (χ3n) is 2.76. The highest BCUT2D eigenvalue weighted by Gasteiger charge is 2.14. The Labute approximate surface area is 138 Å². The molecule has 1 rings (SSSR count). The lowest BCUT2D eigenvalue weighted by Crippen LogP contribution is -2.20. The van der Waals surface area contributed by atoms with Crippen LogP contribution in [0, 0.1) is 0 Å². The Kier molecular flexibility index (Phi) is 11.3. The van der Waals surface area contributed by atoms with E-state index in [4.69, 9.17) is 9.47 Å². The molecule has 0 heterocycles. The van der Waals surface area contributed by atoms with Crippen LogP contribution in [0.1, 0.15) is 37.0 Å². The Morgan fingerprint density at radius 2 is 1.78 bits per heavy atom. The molecule has 23 heavy (non-hydrogen) atoms. The summed E-state index contributed by atoms with van der Waals surface area (Å²) in [5.74, 6) is -0.780. The van der Waals surface area contributed by atoms with E-state index in [1.54, 1.807) is 31.2 Å². The van der Waals surface area contributed by atoms with Crippen LogP contribution in [0.3, 0.4) is 0 Å². The number of carbonyl (C=O) groups is 2. The molecule has 5 heteroatoms. The first-order valence-electron chi connectivity index (χ1n) is 7.63. The van der Waals surface area contributed by atoms with E-state index in [0.29, 0.717) is 24.0 Å². The zero-order chi connectivity index (χ0) is 17.7. The zero-order valence-electron chi connectivity index (χ0n) is 14.4. The van der Waals surface area contributed by atoms with Crippen molar-refractivity contribution in [2.45, 2.75) is 32.8 Å². The van der Waals surface area contributed by atoms with Crippen molar-refractivity contribution in [1.29, 1.82) is 0 Å². The number of hydrogen-bond acceptors (Lipinski definition) is 5. The summed E-state index contributed by atoms with van der Waals surface area (Å²) >= 11 is 0. The molecule has 1 unspecified atom stereocenters. The highest BCUT2D eigenvalue weighted by Crippen LogP contribution is 2.08. The van der Waals surface area contributed by atoms with E-state index < -0.39 is 5.97 Å². The Bertz CT molecular complexity index is 485. The van der Waals surface area contributed by atoms with Crippen LogP contribution in [0.15, 0.2) is 42.5 Å². The summed E-state index contributed by atoms with van der Waals surface area (Å²) < 4.78 is 10.4. The Morgan fingerprint density at radius 3 is 2.26 bits per heavy atom. The van der Waals surface area contributed by atoms with Gasteiger partial charge in [0.15, 0.2) is 0 Å². The van der Waals surface area contributed by atoms with Crippen molar-refractivity contribution < 1.29 is 19.1 Å². The molecule has 0 amide bonds. The average Bonchev–Trinajstić information content (AvgIpc) is 2.55. The Balaban J connectivity index is 0.00000149. The van der Waals surface area contributed by atoms with Crippen LogP contribution in [-0.4, -0.2) is 38.7 Å². The minimum absolute atomic E-state index is 0.218. The van der Waals surface area contributed by atoms with Gasteiger partial charge in [-0.1, -0.05) is 31.7 Å². The fraction of sp³-hybridized carbons (Fsp3) is 0.444. The number of rotatable bonds is 7. The lowest BCUT2D eigenvalue weighted by atomic mass is 10.2. The van der Waals surface area contributed by atoms with Crippen molar-refractivity contribution in [3.05, 3.63) is 48.0 Å². The smallest absolute Gasteiger partial charge is 0.338 e. The van der Waals surface area contributed by atoms with Gasteiger partial charge in [0.1, 0.15) is 6.10 Å². The molecule has 0 bridgehead atoms. The minimum atomic E-state index is -0.411. The summed E-state index contributed by atoms with van der Waals surface area (Å²) in [5.41, 5.74) is 0.879. The van der Waals surface area contributed by atoms with Gasteiger partial charge in [0.25, 0.3) is 0 Å². The first-order chi connectivity index (χ1) is 11.0.